The fourth-order valence-electron chi connectivity index (χ4n) is 2.54. The molecule has 3 aromatic rings. The zero-order chi connectivity index (χ0) is 17.2. The summed E-state index contributed by atoms with van der Waals surface area (Å²) >= 11 is 0. The Labute approximate surface area is 145 Å². The smallest absolute Gasteiger partial charge is 0.225 e. The zero-order valence-corrected chi connectivity index (χ0v) is 13.8. The molecule has 5 nitrogen and oxygen atoms in total. The quantitative estimate of drug-likeness (QED) is 0.728. The van der Waals surface area contributed by atoms with Crippen LogP contribution >= 0.6 is 0 Å². The van der Waals surface area contributed by atoms with Gasteiger partial charge in [0.05, 0.1) is 5.69 Å². The van der Waals surface area contributed by atoms with Crippen molar-refractivity contribution in [3.8, 4) is 11.3 Å². The summed E-state index contributed by atoms with van der Waals surface area (Å²) in [4.78, 5) is 13.2. The number of hydrogen-bond donors (Lipinski definition) is 2. The highest BCUT2D eigenvalue weighted by Crippen LogP contribution is 2.28. The predicted molar refractivity (Wildman–Crippen MR) is 96.3 cm³/mol. The first-order valence-corrected chi connectivity index (χ1v) is 8.27. The lowest BCUT2D eigenvalue weighted by Gasteiger charge is -2.13. The third-order valence-electron chi connectivity index (χ3n) is 4.14. The predicted octanol–water partition coefficient (Wildman–Crippen LogP) is 4.30. The summed E-state index contributed by atoms with van der Waals surface area (Å²) < 4.78 is 13.8. The van der Waals surface area contributed by atoms with E-state index in [0.29, 0.717) is 29.1 Å². The number of hydrogen-bond acceptors (Lipinski definition) is 5. The lowest BCUT2D eigenvalue weighted by molar-refractivity contribution is 0.619. The van der Waals surface area contributed by atoms with E-state index in [4.69, 9.17) is 0 Å². The molecule has 2 N–H and O–H groups in total. The van der Waals surface area contributed by atoms with E-state index < -0.39 is 0 Å². The summed E-state index contributed by atoms with van der Waals surface area (Å²) in [6, 6.07) is 11.1. The lowest BCUT2D eigenvalue weighted by Crippen LogP contribution is -2.08. The van der Waals surface area contributed by atoms with Crippen LogP contribution in [0.2, 0.25) is 0 Å². The summed E-state index contributed by atoms with van der Waals surface area (Å²) in [5.41, 5.74) is 2.99. The summed E-state index contributed by atoms with van der Waals surface area (Å²) in [5.74, 6) is 0.955. The van der Waals surface area contributed by atoms with Gasteiger partial charge in [-0.3, -0.25) is 4.98 Å². The second-order valence-electron chi connectivity index (χ2n) is 6.15. The van der Waals surface area contributed by atoms with Gasteiger partial charge in [0.1, 0.15) is 11.6 Å². The van der Waals surface area contributed by atoms with Crippen LogP contribution in [0.25, 0.3) is 11.3 Å². The minimum atomic E-state index is -0.246. The molecule has 0 saturated heterocycles. The number of anilines is 3. The van der Waals surface area contributed by atoms with Crippen molar-refractivity contribution in [2.24, 2.45) is 0 Å². The maximum absolute atomic E-state index is 13.8. The number of aromatic nitrogens is 3. The summed E-state index contributed by atoms with van der Waals surface area (Å²) in [6.45, 7) is 1.74. The van der Waals surface area contributed by atoms with Gasteiger partial charge in [-0.15, -0.1) is 0 Å². The first-order valence-electron chi connectivity index (χ1n) is 8.27. The molecule has 0 bridgehead atoms. The molecule has 1 aromatic carbocycles. The van der Waals surface area contributed by atoms with E-state index in [1.807, 2.05) is 24.3 Å². The van der Waals surface area contributed by atoms with Crippen LogP contribution in [-0.4, -0.2) is 21.0 Å². The molecule has 4 rings (SSSR count). The Morgan fingerprint density at radius 3 is 2.64 bits per heavy atom. The highest BCUT2D eigenvalue weighted by atomic mass is 19.1. The second kappa shape index (κ2) is 6.47. The third kappa shape index (κ3) is 3.57. The molecule has 1 aliphatic rings. The molecule has 25 heavy (non-hydrogen) atoms. The molecule has 2 heterocycles. The molecule has 126 valence electrons. The van der Waals surface area contributed by atoms with Gasteiger partial charge in [0.2, 0.25) is 5.95 Å². The van der Waals surface area contributed by atoms with E-state index in [2.05, 4.69) is 25.6 Å². The molecule has 0 unspecified atom stereocenters. The van der Waals surface area contributed by atoms with Gasteiger partial charge >= 0.3 is 0 Å². The zero-order valence-electron chi connectivity index (χ0n) is 13.8. The Hall–Kier alpha value is -3.02. The summed E-state index contributed by atoms with van der Waals surface area (Å²) in [5, 5.41) is 6.54. The van der Waals surface area contributed by atoms with Gasteiger partial charge in [-0.05, 0) is 44.0 Å². The van der Waals surface area contributed by atoms with Gasteiger partial charge < -0.3 is 10.6 Å². The van der Waals surface area contributed by atoms with Crippen LogP contribution in [0.4, 0.5) is 21.8 Å². The van der Waals surface area contributed by atoms with Crippen LogP contribution < -0.4 is 10.6 Å². The molecule has 0 aliphatic heterocycles. The van der Waals surface area contributed by atoms with Gasteiger partial charge in [-0.2, -0.15) is 4.98 Å². The molecule has 1 aliphatic carbocycles. The van der Waals surface area contributed by atoms with Crippen molar-refractivity contribution in [1.29, 1.82) is 0 Å². The second-order valence-corrected chi connectivity index (χ2v) is 6.15. The molecule has 0 radical (unpaired) electrons. The van der Waals surface area contributed by atoms with E-state index >= 15 is 0 Å². The Kier molecular flexibility index (Phi) is 4.01. The highest BCUT2D eigenvalue weighted by Gasteiger charge is 2.22. The minimum absolute atomic E-state index is 0.246. The summed E-state index contributed by atoms with van der Waals surface area (Å²) in [6.07, 6.45) is 5.73. The molecule has 6 heteroatoms. The van der Waals surface area contributed by atoms with Crippen molar-refractivity contribution in [3.63, 3.8) is 0 Å². The third-order valence-corrected chi connectivity index (χ3v) is 4.14. The number of rotatable bonds is 5. The van der Waals surface area contributed by atoms with Crippen molar-refractivity contribution in [2.45, 2.75) is 25.8 Å². The van der Waals surface area contributed by atoms with Crippen molar-refractivity contribution in [1.82, 2.24) is 15.0 Å². The van der Waals surface area contributed by atoms with Gasteiger partial charge in [0.15, 0.2) is 0 Å². The maximum Gasteiger partial charge on any atom is 0.225 e. The maximum atomic E-state index is 13.8. The Morgan fingerprint density at radius 2 is 1.88 bits per heavy atom. The fraction of sp³-hybridized carbons (Fsp3) is 0.211. The van der Waals surface area contributed by atoms with Gasteiger partial charge in [0.25, 0.3) is 0 Å². The molecular formula is C19H18FN5. The standard InChI is InChI=1S/C19H18FN5/c1-12-15(20)3-2-4-16(12)23-18-11-17(13-7-9-21-10-8-13)24-19(25-18)22-14-5-6-14/h2-4,7-11,14H,5-6H2,1H3,(H2,22,23,24,25). The molecule has 1 saturated carbocycles. The van der Waals surface area contributed by atoms with Gasteiger partial charge in [-0.25, -0.2) is 9.37 Å². The van der Waals surface area contributed by atoms with Crippen molar-refractivity contribution < 1.29 is 4.39 Å². The molecule has 0 spiro atoms. The van der Waals surface area contributed by atoms with E-state index in [0.717, 1.165) is 24.1 Å². The van der Waals surface area contributed by atoms with Gasteiger partial charge in [-0.1, -0.05) is 6.07 Å². The first-order chi connectivity index (χ1) is 12.2. The Balaban J connectivity index is 1.71. The summed E-state index contributed by atoms with van der Waals surface area (Å²) in [7, 11) is 0. The average Bonchev–Trinajstić information content (AvgIpc) is 3.43. The lowest BCUT2D eigenvalue weighted by atomic mass is 10.1. The molecular weight excluding hydrogens is 317 g/mol. The van der Waals surface area contributed by atoms with Crippen LogP contribution in [0.5, 0.6) is 0 Å². The fourth-order valence-corrected chi connectivity index (χ4v) is 2.54. The molecule has 1 fully saturated rings. The van der Waals surface area contributed by atoms with Crippen molar-refractivity contribution >= 4 is 17.5 Å². The molecule has 0 atom stereocenters. The topological polar surface area (TPSA) is 62.7 Å². The Bertz CT molecular complexity index is 894. The normalized spacial score (nSPS) is 13.5. The number of nitrogens with one attached hydrogen (secondary N) is 2. The van der Waals surface area contributed by atoms with Crippen LogP contribution in [0.1, 0.15) is 18.4 Å². The van der Waals surface area contributed by atoms with Crippen LogP contribution in [0, 0.1) is 12.7 Å². The minimum Gasteiger partial charge on any atom is -0.351 e. The molecule has 0 amide bonds. The number of nitrogens with zero attached hydrogens (tertiary/aromatic N) is 3. The van der Waals surface area contributed by atoms with E-state index in [1.165, 1.54) is 6.07 Å². The van der Waals surface area contributed by atoms with Crippen LogP contribution in [0.3, 0.4) is 0 Å². The average molecular weight is 335 g/mol. The SMILES string of the molecule is Cc1c(F)cccc1Nc1cc(-c2ccncc2)nc(NC2CC2)n1. The largest absolute Gasteiger partial charge is 0.351 e. The highest BCUT2D eigenvalue weighted by molar-refractivity contribution is 5.68. The first kappa shape index (κ1) is 15.5. The van der Waals surface area contributed by atoms with Gasteiger partial charge in [0, 0.05) is 41.3 Å². The number of pyridine rings is 1. The van der Waals surface area contributed by atoms with E-state index in [1.54, 1.807) is 25.4 Å². The van der Waals surface area contributed by atoms with Crippen LogP contribution in [-0.2, 0) is 0 Å². The number of benzene rings is 1. The van der Waals surface area contributed by atoms with E-state index in [-0.39, 0.29) is 5.82 Å². The monoisotopic (exact) mass is 335 g/mol. The Morgan fingerprint density at radius 1 is 1.08 bits per heavy atom. The van der Waals surface area contributed by atoms with Crippen LogP contribution in [0.15, 0.2) is 48.8 Å². The van der Waals surface area contributed by atoms with E-state index in [9.17, 15) is 4.39 Å². The molecule has 2 aromatic heterocycles. The number of halogens is 1. The van der Waals surface area contributed by atoms with Crippen molar-refractivity contribution in [2.75, 3.05) is 10.6 Å². The van der Waals surface area contributed by atoms with Crippen molar-refractivity contribution in [3.05, 3.63) is 60.2 Å².